The summed E-state index contributed by atoms with van der Waals surface area (Å²) in [6, 6.07) is 5.07. The van der Waals surface area contributed by atoms with E-state index in [4.69, 9.17) is 27.9 Å². The second-order valence-corrected chi connectivity index (χ2v) is 4.99. The van der Waals surface area contributed by atoms with Crippen molar-refractivity contribution >= 4 is 23.2 Å². The Morgan fingerprint density at radius 1 is 1.39 bits per heavy atom. The zero-order valence-corrected chi connectivity index (χ0v) is 12.1. The van der Waals surface area contributed by atoms with E-state index in [1.54, 1.807) is 25.2 Å². The van der Waals surface area contributed by atoms with Crippen molar-refractivity contribution in [1.29, 1.82) is 0 Å². The molecule has 0 aliphatic carbocycles. The molecule has 0 aliphatic heterocycles. The quantitative estimate of drug-likeness (QED) is 0.811. The summed E-state index contributed by atoms with van der Waals surface area (Å²) in [6.45, 7) is 2.53. The number of nitrogens with one attached hydrogen (secondary N) is 1. The van der Waals surface area contributed by atoms with Crippen LogP contribution < -0.4 is 10.1 Å². The summed E-state index contributed by atoms with van der Waals surface area (Å²) >= 11 is 11.9. The third-order valence-electron chi connectivity index (χ3n) is 2.59. The molecule has 102 valence electrons. The van der Waals surface area contributed by atoms with Crippen molar-refractivity contribution in [1.82, 2.24) is 5.32 Å². The van der Waals surface area contributed by atoms with Crippen LogP contribution in [0.4, 0.5) is 0 Å². The van der Waals surface area contributed by atoms with Gasteiger partial charge in [-0.05, 0) is 31.7 Å². The van der Waals surface area contributed by atoms with E-state index < -0.39 is 6.10 Å². The van der Waals surface area contributed by atoms with Crippen LogP contribution in [0.1, 0.15) is 19.8 Å². The molecule has 0 spiro atoms. The van der Waals surface area contributed by atoms with E-state index in [2.05, 4.69) is 5.32 Å². The van der Waals surface area contributed by atoms with Crippen molar-refractivity contribution in [2.24, 2.45) is 0 Å². The Labute approximate surface area is 118 Å². The molecule has 1 rings (SSSR count). The van der Waals surface area contributed by atoms with Crippen LogP contribution in [-0.4, -0.2) is 30.9 Å². The topological polar surface area (TPSA) is 41.5 Å². The molecule has 2 atom stereocenters. The van der Waals surface area contributed by atoms with Gasteiger partial charge in [0.2, 0.25) is 0 Å². The molecular weight excluding hydrogens is 273 g/mol. The lowest BCUT2D eigenvalue weighted by atomic mass is 10.1. The Morgan fingerprint density at radius 2 is 2.11 bits per heavy atom. The zero-order chi connectivity index (χ0) is 13.5. The summed E-state index contributed by atoms with van der Waals surface area (Å²) in [7, 11) is 1.79. The first-order valence-corrected chi connectivity index (χ1v) is 6.78. The molecule has 0 fully saturated rings. The fourth-order valence-corrected chi connectivity index (χ4v) is 2.14. The third kappa shape index (κ3) is 4.65. The number of benzene rings is 1. The molecule has 0 bridgehead atoms. The second-order valence-electron chi connectivity index (χ2n) is 4.14. The molecule has 2 N–H and O–H groups in total. The molecular formula is C13H19Cl2NO2. The minimum Gasteiger partial charge on any atom is -0.486 e. The molecule has 0 amide bonds. The maximum absolute atomic E-state index is 9.99. The van der Waals surface area contributed by atoms with E-state index in [0.29, 0.717) is 22.3 Å². The normalized spacial score (nSPS) is 14.3. The van der Waals surface area contributed by atoms with Gasteiger partial charge in [-0.2, -0.15) is 0 Å². The van der Waals surface area contributed by atoms with Gasteiger partial charge in [-0.3, -0.25) is 0 Å². The first-order chi connectivity index (χ1) is 8.58. The van der Waals surface area contributed by atoms with Crippen LogP contribution in [0.5, 0.6) is 5.75 Å². The molecule has 0 saturated heterocycles. The Hall–Kier alpha value is -0.480. The van der Waals surface area contributed by atoms with Gasteiger partial charge in [0, 0.05) is 11.6 Å². The van der Waals surface area contributed by atoms with E-state index >= 15 is 0 Å². The number of aliphatic hydroxyl groups excluding tert-OH is 1. The number of hydrogen-bond acceptors (Lipinski definition) is 3. The number of likely N-dealkylation sites (N-methyl/N-ethyl adjacent to an activating group) is 1. The lowest BCUT2D eigenvalue weighted by Gasteiger charge is -2.24. The van der Waals surface area contributed by atoms with Crippen LogP contribution in [0, 0.1) is 0 Å². The van der Waals surface area contributed by atoms with Crippen LogP contribution in [0.3, 0.4) is 0 Å². The Kier molecular flexibility index (Phi) is 6.79. The van der Waals surface area contributed by atoms with Gasteiger partial charge < -0.3 is 15.2 Å². The van der Waals surface area contributed by atoms with Crippen molar-refractivity contribution in [2.75, 3.05) is 13.6 Å². The van der Waals surface area contributed by atoms with E-state index in [9.17, 15) is 5.11 Å². The van der Waals surface area contributed by atoms with Crippen LogP contribution in [0.15, 0.2) is 18.2 Å². The molecule has 0 aromatic heterocycles. The predicted octanol–water partition coefficient (Wildman–Crippen LogP) is 3.12. The molecule has 0 aliphatic rings. The van der Waals surface area contributed by atoms with Gasteiger partial charge in [0.1, 0.15) is 18.0 Å². The average molecular weight is 292 g/mol. The standard InChI is InChI=1S/C13H19Cl2NO2/c1-3-4-13(11(17)8-16-2)18-12-6-5-9(14)7-10(12)15/h5-7,11,13,16-17H,3-4,8H2,1-2H3/t11-,13+/m1/s1. The molecule has 5 heteroatoms. The summed E-state index contributed by atoms with van der Waals surface area (Å²) in [5, 5.41) is 13.9. The zero-order valence-electron chi connectivity index (χ0n) is 10.6. The maximum Gasteiger partial charge on any atom is 0.138 e. The number of halogens is 2. The van der Waals surface area contributed by atoms with Crippen LogP contribution >= 0.6 is 23.2 Å². The number of ether oxygens (including phenoxy) is 1. The lowest BCUT2D eigenvalue weighted by Crippen LogP contribution is -2.38. The first-order valence-electron chi connectivity index (χ1n) is 6.02. The van der Waals surface area contributed by atoms with Gasteiger partial charge in [0.25, 0.3) is 0 Å². The number of hydrogen-bond donors (Lipinski definition) is 2. The highest BCUT2D eigenvalue weighted by molar-refractivity contribution is 6.35. The van der Waals surface area contributed by atoms with Crippen molar-refractivity contribution < 1.29 is 9.84 Å². The summed E-state index contributed by atoms with van der Waals surface area (Å²) in [4.78, 5) is 0. The minimum absolute atomic E-state index is 0.277. The van der Waals surface area contributed by atoms with E-state index in [-0.39, 0.29) is 6.10 Å². The highest BCUT2D eigenvalue weighted by Gasteiger charge is 2.20. The fourth-order valence-electron chi connectivity index (χ4n) is 1.69. The molecule has 1 aromatic carbocycles. The predicted molar refractivity (Wildman–Crippen MR) is 75.7 cm³/mol. The maximum atomic E-state index is 9.99. The Bertz CT molecular complexity index is 374. The Morgan fingerprint density at radius 3 is 2.67 bits per heavy atom. The van der Waals surface area contributed by atoms with Crippen molar-refractivity contribution in [3.8, 4) is 5.75 Å². The summed E-state index contributed by atoms with van der Waals surface area (Å²) < 4.78 is 5.77. The van der Waals surface area contributed by atoms with Gasteiger partial charge in [-0.25, -0.2) is 0 Å². The van der Waals surface area contributed by atoms with Crippen LogP contribution in [0.25, 0.3) is 0 Å². The van der Waals surface area contributed by atoms with Gasteiger partial charge in [0.05, 0.1) is 5.02 Å². The monoisotopic (exact) mass is 291 g/mol. The SMILES string of the molecule is CCC[C@H](Oc1ccc(Cl)cc1Cl)[C@H](O)CNC. The van der Waals surface area contributed by atoms with Gasteiger partial charge >= 0.3 is 0 Å². The minimum atomic E-state index is -0.568. The van der Waals surface area contributed by atoms with E-state index in [0.717, 1.165) is 12.8 Å². The summed E-state index contributed by atoms with van der Waals surface area (Å²) in [6.07, 6.45) is 0.848. The molecule has 0 unspecified atom stereocenters. The lowest BCUT2D eigenvalue weighted by molar-refractivity contribution is 0.0325. The molecule has 0 saturated carbocycles. The number of rotatable bonds is 7. The number of aliphatic hydroxyl groups is 1. The highest BCUT2D eigenvalue weighted by atomic mass is 35.5. The average Bonchev–Trinajstić information content (AvgIpc) is 2.32. The van der Waals surface area contributed by atoms with Gasteiger partial charge in [-0.15, -0.1) is 0 Å². The van der Waals surface area contributed by atoms with E-state index in [1.807, 2.05) is 6.92 Å². The summed E-state index contributed by atoms with van der Waals surface area (Å²) in [5.41, 5.74) is 0. The molecule has 0 heterocycles. The van der Waals surface area contributed by atoms with Crippen molar-refractivity contribution in [2.45, 2.75) is 32.0 Å². The fraction of sp³-hybridized carbons (Fsp3) is 0.538. The van der Waals surface area contributed by atoms with Crippen LogP contribution in [-0.2, 0) is 0 Å². The molecule has 18 heavy (non-hydrogen) atoms. The highest BCUT2D eigenvalue weighted by Crippen LogP contribution is 2.29. The second kappa shape index (κ2) is 7.85. The molecule has 1 aromatic rings. The van der Waals surface area contributed by atoms with Crippen molar-refractivity contribution in [3.05, 3.63) is 28.2 Å². The van der Waals surface area contributed by atoms with E-state index in [1.165, 1.54) is 0 Å². The van der Waals surface area contributed by atoms with Crippen molar-refractivity contribution in [3.63, 3.8) is 0 Å². The largest absolute Gasteiger partial charge is 0.486 e. The molecule has 3 nitrogen and oxygen atoms in total. The Balaban J connectivity index is 2.75. The summed E-state index contributed by atoms with van der Waals surface area (Å²) in [5.74, 6) is 0.551. The van der Waals surface area contributed by atoms with Crippen LogP contribution in [0.2, 0.25) is 10.0 Å². The van der Waals surface area contributed by atoms with Gasteiger partial charge in [0.15, 0.2) is 0 Å². The first kappa shape index (κ1) is 15.6. The van der Waals surface area contributed by atoms with Gasteiger partial charge in [-0.1, -0.05) is 36.5 Å². The third-order valence-corrected chi connectivity index (χ3v) is 3.12. The molecule has 0 radical (unpaired) electrons. The smallest absolute Gasteiger partial charge is 0.138 e.